The number of carbonyl (C=O) groups is 1. The Balaban J connectivity index is 1.85. The molecule has 0 saturated carbocycles. The zero-order chi connectivity index (χ0) is 22.2. The van der Waals surface area contributed by atoms with Crippen LogP contribution < -0.4 is 0 Å². The molecule has 4 rings (SSSR count). The summed E-state index contributed by atoms with van der Waals surface area (Å²) in [6.45, 7) is 4.12. The van der Waals surface area contributed by atoms with E-state index in [1.165, 1.54) is 28.4 Å². The fourth-order valence-electron chi connectivity index (χ4n) is 3.75. The predicted octanol–water partition coefficient (Wildman–Crippen LogP) is 4.95. The number of carbonyl (C=O) groups excluding carboxylic acids is 1. The lowest BCUT2D eigenvalue weighted by Gasteiger charge is -2.26. The molecule has 0 saturated heterocycles. The Morgan fingerprint density at radius 1 is 1.03 bits per heavy atom. The molecule has 1 aliphatic heterocycles. The molecule has 7 heteroatoms. The lowest BCUT2D eigenvalue weighted by Crippen LogP contribution is -2.30. The SMILES string of the molecule is CCc1ccc(C2C(S(=O)(=O)c3ccc(C)cc3)=C(O)C(=O)N2Cc2cccs2)cc1. The number of aliphatic hydroxyl groups is 1. The summed E-state index contributed by atoms with van der Waals surface area (Å²) in [6, 6.07) is 16.8. The van der Waals surface area contributed by atoms with Gasteiger partial charge in [0, 0.05) is 4.88 Å². The van der Waals surface area contributed by atoms with Crippen molar-refractivity contribution in [2.24, 2.45) is 0 Å². The molecule has 160 valence electrons. The van der Waals surface area contributed by atoms with Crippen molar-refractivity contribution in [3.05, 3.63) is 98.3 Å². The topological polar surface area (TPSA) is 74.7 Å². The van der Waals surface area contributed by atoms with Gasteiger partial charge < -0.3 is 10.0 Å². The molecular formula is C24H23NO4S2. The molecule has 1 aliphatic rings. The van der Waals surface area contributed by atoms with Crippen LogP contribution in [0, 0.1) is 6.92 Å². The summed E-state index contributed by atoms with van der Waals surface area (Å²) in [6.07, 6.45) is 0.846. The first kappa shape index (κ1) is 21.3. The van der Waals surface area contributed by atoms with E-state index in [0.717, 1.165) is 22.4 Å². The van der Waals surface area contributed by atoms with Gasteiger partial charge in [-0.1, -0.05) is 55.0 Å². The van der Waals surface area contributed by atoms with Gasteiger partial charge >= 0.3 is 0 Å². The lowest BCUT2D eigenvalue weighted by atomic mass is 10.0. The van der Waals surface area contributed by atoms with Gasteiger partial charge in [-0.15, -0.1) is 11.3 Å². The first-order valence-electron chi connectivity index (χ1n) is 10.00. The van der Waals surface area contributed by atoms with Gasteiger partial charge in [-0.05, 0) is 48.1 Å². The fraction of sp³-hybridized carbons (Fsp3) is 0.208. The van der Waals surface area contributed by atoms with Crippen LogP contribution in [-0.4, -0.2) is 24.3 Å². The van der Waals surface area contributed by atoms with Crippen LogP contribution in [0.3, 0.4) is 0 Å². The lowest BCUT2D eigenvalue weighted by molar-refractivity contribution is -0.130. The zero-order valence-electron chi connectivity index (χ0n) is 17.3. The summed E-state index contributed by atoms with van der Waals surface area (Å²) in [7, 11) is -4.09. The smallest absolute Gasteiger partial charge is 0.290 e. The molecule has 1 amide bonds. The van der Waals surface area contributed by atoms with Gasteiger partial charge in [-0.3, -0.25) is 4.79 Å². The van der Waals surface area contributed by atoms with Crippen LogP contribution >= 0.6 is 11.3 Å². The van der Waals surface area contributed by atoms with Crippen molar-refractivity contribution >= 4 is 27.1 Å². The molecule has 0 aliphatic carbocycles. The molecular weight excluding hydrogens is 430 g/mol. The highest BCUT2D eigenvalue weighted by Crippen LogP contribution is 2.43. The van der Waals surface area contributed by atoms with E-state index < -0.39 is 27.5 Å². The number of hydrogen-bond acceptors (Lipinski definition) is 5. The molecule has 1 aromatic heterocycles. The summed E-state index contributed by atoms with van der Waals surface area (Å²) in [5.74, 6) is -1.38. The van der Waals surface area contributed by atoms with Crippen LogP contribution in [0.1, 0.15) is 34.5 Å². The molecule has 0 spiro atoms. The van der Waals surface area contributed by atoms with Gasteiger partial charge in [0.1, 0.15) is 4.91 Å². The van der Waals surface area contributed by atoms with Crippen molar-refractivity contribution in [2.45, 2.75) is 37.8 Å². The van der Waals surface area contributed by atoms with E-state index in [1.807, 2.05) is 55.6 Å². The number of sulfone groups is 1. The quantitative estimate of drug-likeness (QED) is 0.573. The van der Waals surface area contributed by atoms with Gasteiger partial charge in [0.2, 0.25) is 9.84 Å². The molecule has 1 atom stereocenters. The van der Waals surface area contributed by atoms with Crippen LogP contribution in [0.25, 0.3) is 0 Å². The van der Waals surface area contributed by atoms with Crippen LogP contribution in [0.2, 0.25) is 0 Å². The number of hydrogen-bond donors (Lipinski definition) is 1. The van der Waals surface area contributed by atoms with E-state index in [-0.39, 0.29) is 16.3 Å². The Hall–Kier alpha value is -2.90. The molecule has 31 heavy (non-hydrogen) atoms. The van der Waals surface area contributed by atoms with Gasteiger partial charge in [-0.25, -0.2) is 8.42 Å². The molecule has 0 bridgehead atoms. The summed E-state index contributed by atoms with van der Waals surface area (Å²) in [4.78, 5) is 15.2. The number of thiophene rings is 1. The molecule has 0 radical (unpaired) electrons. The molecule has 1 unspecified atom stereocenters. The molecule has 0 fully saturated rings. The van der Waals surface area contributed by atoms with Gasteiger partial charge in [0.05, 0.1) is 17.5 Å². The van der Waals surface area contributed by atoms with Crippen LogP contribution in [0.15, 0.2) is 81.6 Å². The Morgan fingerprint density at radius 2 is 1.71 bits per heavy atom. The minimum atomic E-state index is -4.09. The number of benzene rings is 2. The Bertz CT molecular complexity index is 1230. The van der Waals surface area contributed by atoms with E-state index in [9.17, 15) is 18.3 Å². The minimum Gasteiger partial charge on any atom is -0.502 e. The van der Waals surface area contributed by atoms with Crippen molar-refractivity contribution in [1.29, 1.82) is 0 Å². The number of rotatable bonds is 6. The maximum absolute atomic E-state index is 13.6. The van der Waals surface area contributed by atoms with E-state index in [0.29, 0.717) is 5.56 Å². The Morgan fingerprint density at radius 3 is 2.29 bits per heavy atom. The molecule has 2 aromatic carbocycles. The third-order valence-electron chi connectivity index (χ3n) is 5.49. The summed E-state index contributed by atoms with van der Waals surface area (Å²) in [5, 5.41) is 12.7. The number of amides is 1. The number of nitrogens with zero attached hydrogens (tertiary/aromatic N) is 1. The van der Waals surface area contributed by atoms with Crippen molar-refractivity contribution in [3.63, 3.8) is 0 Å². The zero-order valence-corrected chi connectivity index (χ0v) is 18.9. The second-order valence-corrected chi connectivity index (χ2v) is 10.5. The molecule has 5 nitrogen and oxygen atoms in total. The van der Waals surface area contributed by atoms with Gasteiger partial charge in [0.15, 0.2) is 5.76 Å². The number of aryl methyl sites for hydroxylation is 2. The molecule has 3 aromatic rings. The average Bonchev–Trinajstić information content (AvgIpc) is 3.37. The van der Waals surface area contributed by atoms with E-state index in [1.54, 1.807) is 12.1 Å². The molecule has 1 N–H and O–H groups in total. The largest absolute Gasteiger partial charge is 0.502 e. The minimum absolute atomic E-state index is 0.0561. The standard InChI is InChI=1S/C24H23NO4S2/c1-3-17-8-10-18(11-9-17)21-23(31(28,29)20-12-6-16(2)7-13-20)22(26)24(27)25(21)15-19-5-4-14-30-19/h4-14,21,26H,3,15H2,1-2H3. The number of aliphatic hydroxyl groups excluding tert-OH is 1. The second-order valence-electron chi connectivity index (χ2n) is 7.54. The van der Waals surface area contributed by atoms with E-state index in [4.69, 9.17) is 0 Å². The maximum Gasteiger partial charge on any atom is 0.290 e. The third kappa shape index (κ3) is 3.91. The van der Waals surface area contributed by atoms with Gasteiger partial charge in [0.25, 0.3) is 5.91 Å². The first-order chi connectivity index (χ1) is 14.8. The normalized spacial score (nSPS) is 16.9. The van der Waals surface area contributed by atoms with Crippen molar-refractivity contribution in [1.82, 2.24) is 4.90 Å². The fourth-order valence-corrected chi connectivity index (χ4v) is 6.10. The average molecular weight is 454 g/mol. The maximum atomic E-state index is 13.6. The monoisotopic (exact) mass is 453 g/mol. The Kier molecular flexibility index (Phi) is 5.73. The van der Waals surface area contributed by atoms with Crippen molar-refractivity contribution in [3.8, 4) is 0 Å². The van der Waals surface area contributed by atoms with Crippen molar-refractivity contribution in [2.75, 3.05) is 0 Å². The summed E-state index contributed by atoms with van der Waals surface area (Å²) in [5.41, 5.74) is 2.68. The van der Waals surface area contributed by atoms with Crippen LogP contribution in [0.5, 0.6) is 0 Å². The van der Waals surface area contributed by atoms with Gasteiger partial charge in [-0.2, -0.15) is 0 Å². The highest BCUT2D eigenvalue weighted by molar-refractivity contribution is 7.95. The van der Waals surface area contributed by atoms with E-state index in [2.05, 4.69) is 0 Å². The first-order valence-corrected chi connectivity index (χ1v) is 12.4. The second kappa shape index (κ2) is 8.32. The molecule has 2 heterocycles. The summed E-state index contributed by atoms with van der Waals surface area (Å²) >= 11 is 1.48. The highest BCUT2D eigenvalue weighted by atomic mass is 32.2. The van der Waals surface area contributed by atoms with Crippen molar-refractivity contribution < 1.29 is 18.3 Å². The predicted molar refractivity (Wildman–Crippen MR) is 121 cm³/mol. The summed E-state index contributed by atoms with van der Waals surface area (Å²) < 4.78 is 27.1. The Labute approximate surface area is 186 Å². The van der Waals surface area contributed by atoms with Crippen LogP contribution in [0.4, 0.5) is 0 Å². The van der Waals surface area contributed by atoms with E-state index >= 15 is 0 Å². The third-order valence-corrected chi connectivity index (χ3v) is 8.24. The highest BCUT2D eigenvalue weighted by Gasteiger charge is 2.46. The van der Waals surface area contributed by atoms with Crippen LogP contribution in [-0.2, 0) is 27.6 Å².